The number of nitro benzene ring substituents is 1. The van der Waals surface area contributed by atoms with Crippen LogP contribution in [0.3, 0.4) is 0 Å². The number of rotatable bonds is 1. The first-order valence-corrected chi connectivity index (χ1v) is 6.71. The van der Waals surface area contributed by atoms with Crippen molar-refractivity contribution in [3.05, 3.63) is 56.0 Å². The van der Waals surface area contributed by atoms with Gasteiger partial charge in [0.05, 0.1) is 10.6 Å². The van der Waals surface area contributed by atoms with Crippen LogP contribution in [0.15, 0.2) is 34.8 Å². The molecule has 8 heteroatoms. The molecule has 0 saturated carbocycles. The van der Waals surface area contributed by atoms with Crippen LogP contribution in [0.4, 0.5) is 11.4 Å². The third kappa shape index (κ3) is 5.19. The van der Waals surface area contributed by atoms with Crippen LogP contribution in [0.25, 0.3) is 0 Å². The number of aryl methyl sites for hydroxylation is 2. The number of benzene rings is 2. The molecule has 0 radical (unpaired) electrons. The number of halogens is 2. The molecule has 0 bridgehead atoms. The van der Waals surface area contributed by atoms with Crippen LogP contribution in [0.5, 0.6) is 11.5 Å². The number of phenols is 2. The van der Waals surface area contributed by atoms with E-state index < -0.39 is 4.92 Å². The molecule has 0 saturated heterocycles. The summed E-state index contributed by atoms with van der Waals surface area (Å²) < 4.78 is 0.588. The molecule has 0 fully saturated rings. The van der Waals surface area contributed by atoms with Crippen molar-refractivity contribution in [1.82, 2.24) is 0 Å². The molecular weight excluding hydrogens is 420 g/mol. The Hall–Kier alpha value is -1.80. The number of hydrogen-bond donors (Lipinski definition) is 3. The second-order valence-corrected chi connectivity index (χ2v) is 5.28. The average molecular weight is 436 g/mol. The van der Waals surface area contributed by atoms with E-state index in [1.54, 1.807) is 19.1 Å². The predicted octanol–water partition coefficient (Wildman–Crippen LogP) is 4.23. The highest BCUT2D eigenvalue weighted by Crippen LogP contribution is 2.32. The maximum atomic E-state index is 10.4. The quantitative estimate of drug-likeness (QED) is 0.268. The molecule has 2 rings (SSSR count). The molecule has 0 spiro atoms. The summed E-state index contributed by atoms with van der Waals surface area (Å²) in [6, 6.07) is 8.17. The summed E-state index contributed by atoms with van der Waals surface area (Å²) in [7, 11) is 0. The molecule has 0 aliphatic rings. The molecule has 0 unspecified atom stereocenters. The van der Waals surface area contributed by atoms with E-state index in [0.717, 1.165) is 5.56 Å². The Kier molecular flexibility index (Phi) is 7.89. The van der Waals surface area contributed by atoms with Crippen molar-refractivity contribution in [2.45, 2.75) is 13.8 Å². The Morgan fingerprint density at radius 1 is 1.14 bits per heavy atom. The van der Waals surface area contributed by atoms with Gasteiger partial charge in [0, 0.05) is 10.5 Å². The molecule has 0 aliphatic carbocycles. The first-order chi connectivity index (χ1) is 9.73. The third-order valence-corrected chi connectivity index (χ3v) is 3.17. The summed E-state index contributed by atoms with van der Waals surface area (Å²) in [5.74, 6) is -0.0827. The lowest BCUT2D eigenvalue weighted by molar-refractivity contribution is -0.386. The van der Waals surface area contributed by atoms with Gasteiger partial charge in [-0.05, 0) is 37.1 Å². The smallest absolute Gasteiger partial charge is 0.312 e. The molecule has 2 aromatic carbocycles. The van der Waals surface area contributed by atoms with Crippen molar-refractivity contribution < 1.29 is 15.1 Å². The monoisotopic (exact) mass is 434 g/mol. The van der Waals surface area contributed by atoms with Crippen molar-refractivity contribution in [3.8, 4) is 11.5 Å². The van der Waals surface area contributed by atoms with Crippen molar-refractivity contribution in [2.24, 2.45) is 0 Å². The third-order valence-electron chi connectivity index (χ3n) is 2.71. The summed E-state index contributed by atoms with van der Waals surface area (Å²) in [6.07, 6.45) is 0. The minimum Gasteiger partial charge on any atom is -0.506 e. The number of nitro groups is 1. The predicted molar refractivity (Wildman–Crippen MR) is 94.8 cm³/mol. The first kappa shape index (κ1) is 20.2. The molecule has 22 heavy (non-hydrogen) atoms. The Morgan fingerprint density at radius 3 is 2.18 bits per heavy atom. The lowest BCUT2D eigenvalue weighted by Crippen LogP contribution is -1.90. The standard InChI is InChI=1S/C7H6BrNO3.C7H9NO.BrH/c1-4-2-5(8)3-6(7(4)10)9(11)12;1-5-3-2-4-6(8)7(5)9;/h2-3,10H,1H3;2-4,9H,8H2,1H3;1H. The van der Waals surface area contributed by atoms with E-state index in [4.69, 9.17) is 10.8 Å². The fourth-order valence-electron chi connectivity index (χ4n) is 1.54. The van der Waals surface area contributed by atoms with Gasteiger partial charge in [-0.15, -0.1) is 17.0 Å². The fourth-order valence-corrected chi connectivity index (χ4v) is 2.10. The van der Waals surface area contributed by atoms with Crippen LogP contribution in [0.1, 0.15) is 11.1 Å². The minimum absolute atomic E-state index is 0. The van der Waals surface area contributed by atoms with Gasteiger partial charge in [0.1, 0.15) is 5.75 Å². The molecule has 0 heterocycles. The highest BCUT2D eigenvalue weighted by molar-refractivity contribution is 9.10. The summed E-state index contributed by atoms with van der Waals surface area (Å²) in [4.78, 5) is 9.73. The molecular formula is C14H16Br2N2O4. The number of nitrogen functional groups attached to an aromatic ring is 1. The molecule has 6 nitrogen and oxygen atoms in total. The van der Waals surface area contributed by atoms with Gasteiger partial charge < -0.3 is 15.9 Å². The largest absolute Gasteiger partial charge is 0.506 e. The molecule has 2 aromatic rings. The highest BCUT2D eigenvalue weighted by atomic mass is 79.9. The summed E-state index contributed by atoms with van der Waals surface area (Å²) in [6.45, 7) is 3.42. The van der Waals surface area contributed by atoms with E-state index in [1.165, 1.54) is 6.07 Å². The number of aromatic hydroxyl groups is 2. The van der Waals surface area contributed by atoms with E-state index in [1.807, 2.05) is 19.1 Å². The van der Waals surface area contributed by atoms with Gasteiger partial charge in [0.25, 0.3) is 0 Å². The van der Waals surface area contributed by atoms with Crippen molar-refractivity contribution >= 4 is 44.3 Å². The SMILES string of the molecule is Br.Cc1cc(Br)cc([N+](=O)[O-])c1O.Cc1cccc(N)c1O. The zero-order valence-corrected chi connectivity index (χ0v) is 15.2. The minimum atomic E-state index is -0.618. The Bertz CT molecular complexity index is 658. The summed E-state index contributed by atoms with van der Waals surface area (Å²) in [5.41, 5.74) is 6.83. The van der Waals surface area contributed by atoms with Crippen molar-refractivity contribution in [2.75, 3.05) is 5.73 Å². The van der Waals surface area contributed by atoms with E-state index in [-0.39, 0.29) is 34.2 Å². The van der Waals surface area contributed by atoms with Crippen LogP contribution in [-0.4, -0.2) is 15.1 Å². The molecule has 0 atom stereocenters. The number of nitrogens with zero attached hydrogens (tertiary/aromatic N) is 1. The number of hydrogen-bond acceptors (Lipinski definition) is 5. The highest BCUT2D eigenvalue weighted by Gasteiger charge is 2.15. The number of nitrogens with two attached hydrogens (primary N) is 1. The first-order valence-electron chi connectivity index (χ1n) is 5.91. The van der Waals surface area contributed by atoms with E-state index in [9.17, 15) is 15.2 Å². The van der Waals surface area contributed by atoms with Gasteiger partial charge in [0.2, 0.25) is 0 Å². The van der Waals surface area contributed by atoms with E-state index in [2.05, 4.69) is 15.9 Å². The van der Waals surface area contributed by atoms with Crippen molar-refractivity contribution in [1.29, 1.82) is 0 Å². The average Bonchev–Trinajstić information content (AvgIpc) is 2.40. The van der Waals surface area contributed by atoms with E-state index >= 15 is 0 Å². The zero-order valence-electron chi connectivity index (χ0n) is 11.9. The topological polar surface area (TPSA) is 110 Å². The number of anilines is 1. The van der Waals surface area contributed by atoms with Gasteiger partial charge >= 0.3 is 5.69 Å². The van der Waals surface area contributed by atoms with Crippen LogP contribution >= 0.6 is 32.9 Å². The maximum absolute atomic E-state index is 10.4. The lowest BCUT2D eigenvalue weighted by Gasteiger charge is -1.99. The molecule has 0 aromatic heterocycles. The number of phenolic OH excluding ortho intramolecular Hbond substituents is 2. The Balaban J connectivity index is 0.000000397. The molecule has 0 aliphatic heterocycles. The maximum Gasteiger partial charge on any atom is 0.312 e. The molecule has 0 amide bonds. The van der Waals surface area contributed by atoms with Gasteiger partial charge in [-0.25, -0.2) is 0 Å². The lowest BCUT2D eigenvalue weighted by atomic mass is 10.2. The van der Waals surface area contributed by atoms with Crippen LogP contribution in [-0.2, 0) is 0 Å². The van der Waals surface area contributed by atoms with Crippen molar-refractivity contribution in [3.63, 3.8) is 0 Å². The second-order valence-electron chi connectivity index (χ2n) is 4.36. The van der Waals surface area contributed by atoms with Crippen LogP contribution in [0, 0.1) is 24.0 Å². The Morgan fingerprint density at radius 2 is 1.73 bits per heavy atom. The zero-order chi connectivity index (χ0) is 16.2. The normalized spacial score (nSPS) is 9.23. The van der Waals surface area contributed by atoms with Gasteiger partial charge in [0.15, 0.2) is 5.75 Å². The number of para-hydroxylation sites is 1. The second kappa shape index (κ2) is 8.60. The summed E-state index contributed by atoms with van der Waals surface area (Å²) >= 11 is 3.10. The Labute approximate surface area is 146 Å². The van der Waals surface area contributed by atoms with Crippen LogP contribution < -0.4 is 5.73 Å². The van der Waals surface area contributed by atoms with Gasteiger partial charge in [-0.3, -0.25) is 10.1 Å². The molecule has 4 N–H and O–H groups in total. The summed E-state index contributed by atoms with van der Waals surface area (Å²) in [5, 5.41) is 28.7. The fraction of sp³-hybridized carbons (Fsp3) is 0.143. The molecule has 120 valence electrons. The van der Waals surface area contributed by atoms with E-state index in [0.29, 0.717) is 15.7 Å². The van der Waals surface area contributed by atoms with Gasteiger partial charge in [-0.1, -0.05) is 28.1 Å². The van der Waals surface area contributed by atoms with Crippen LogP contribution in [0.2, 0.25) is 0 Å². The van der Waals surface area contributed by atoms with Gasteiger partial charge in [-0.2, -0.15) is 0 Å².